The van der Waals surface area contributed by atoms with Gasteiger partial charge in [-0.3, -0.25) is 9.78 Å². The highest BCUT2D eigenvalue weighted by molar-refractivity contribution is 6.04. The number of carbonyl (C=O) groups excluding carboxylic acids is 1. The third-order valence-corrected chi connectivity index (χ3v) is 3.96. The van der Waals surface area contributed by atoms with Crippen LogP contribution in [0.5, 0.6) is 11.5 Å². The summed E-state index contributed by atoms with van der Waals surface area (Å²) in [5, 5.41) is 6.10. The van der Waals surface area contributed by atoms with Crippen LogP contribution in [0.1, 0.15) is 15.9 Å². The van der Waals surface area contributed by atoms with Crippen molar-refractivity contribution in [2.75, 3.05) is 24.9 Å². The van der Waals surface area contributed by atoms with Crippen molar-refractivity contribution in [3.8, 4) is 11.5 Å². The number of aromatic nitrogens is 1. The summed E-state index contributed by atoms with van der Waals surface area (Å²) in [5.74, 6) is 1.13. The number of hydrogen-bond acceptors (Lipinski definition) is 5. The van der Waals surface area contributed by atoms with Gasteiger partial charge in [0.2, 0.25) is 0 Å². The van der Waals surface area contributed by atoms with E-state index < -0.39 is 0 Å². The van der Waals surface area contributed by atoms with E-state index in [1.165, 1.54) is 6.20 Å². The second-order valence-electron chi connectivity index (χ2n) is 5.98. The van der Waals surface area contributed by atoms with E-state index in [9.17, 15) is 4.79 Å². The Morgan fingerprint density at radius 1 is 0.963 bits per heavy atom. The third-order valence-electron chi connectivity index (χ3n) is 3.96. The van der Waals surface area contributed by atoms with Gasteiger partial charge in [-0.15, -0.1) is 0 Å². The highest BCUT2D eigenvalue weighted by Gasteiger charge is 2.10. The molecular formula is C21H21N3O3. The lowest BCUT2D eigenvalue weighted by molar-refractivity contribution is 0.102. The van der Waals surface area contributed by atoms with Gasteiger partial charge in [-0.1, -0.05) is 12.1 Å². The van der Waals surface area contributed by atoms with Gasteiger partial charge in [0.25, 0.3) is 5.91 Å². The van der Waals surface area contributed by atoms with E-state index in [4.69, 9.17) is 9.47 Å². The van der Waals surface area contributed by atoms with Gasteiger partial charge in [0, 0.05) is 18.0 Å². The standard InChI is InChI=1S/C21H21N3O3/c1-14-7-8-20(27-3)19(9-14)23-17-10-15(12-22-13-17)21(25)24-16-5-4-6-18(11-16)26-2/h4-13,23H,1-3H3,(H,24,25). The van der Waals surface area contributed by atoms with Gasteiger partial charge in [-0.25, -0.2) is 0 Å². The molecule has 2 aromatic carbocycles. The average molecular weight is 363 g/mol. The zero-order valence-corrected chi connectivity index (χ0v) is 15.4. The van der Waals surface area contributed by atoms with Crippen molar-refractivity contribution in [3.05, 3.63) is 72.1 Å². The van der Waals surface area contributed by atoms with E-state index in [0.29, 0.717) is 28.4 Å². The van der Waals surface area contributed by atoms with Crippen LogP contribution in [0.2, 0.25) is 0 Å². The molecule has 0 saturated carbocycles. The molecule has 6 nitrogen and oxygen atoms in total. The number of hydrogen-bond donors (Lipinski definition) is 2. The van der Waals surface area contributed by atoms with Crippen LogP contribution < -0.4 is 20.1 Å². The Morgan fingerprint density at radius 3 is 2.59 bits per heavy atom. The molecule has 3 aromatic rings. The number of nitrogens with one attached hydrogen (secondary N) is 2. The summed E-state index contributed by atoms with van der Waals surface area (Å²) in [5.41, 5.74) is 3.69. The highest BCUT2D eigenvalue weighted by atomic mass is 16.5. The van der Waals surface area contributed by atoms with Crippen molar-refractivity contribution < 1.29 is 14.3 Å². The van der Waals surface area contributed by atoms with Gasteiger partial charge in [-0.2, -0.15) is 0 Å². The highest BCUT2D eigenvalue weighted by Crippen LogP contribution is 2.28. The first-order valence-corrected chi connectivity index (χ1v) is 8.41. The molecule has 2 N–H and O–H groups in total. The largest absolute Gasteiger partial charge is 0.497 e. The molecule has 1 amide bonds. The third kappa shape index (κ3) is 4.55. The lowest BCUT2D eigenvalue weighted by Crippen LogP contribution is -2.12. The van der Waals surface area contributed by atoms with E-state index in [2.05, 4.69) is 15.6 Å². The Hall–Kier alpha value is -3.54. The number of pyridine rings is 1. The van der Waals surface area contributed by atoms with Gasteiger partial charge in [0.15, 0.2) is 0 Å². The maximum atomic E-state index is 12.6. The molecule has 3 rings (SSSR count). The van der Waals surface area contributed by atoms with Crippen molar-refractivity contribution in [1.82, 2.24) is 4.98 Å². The van der Waals surface area contributed by atoms with Crippen LogP contribution in [0.4, 0.5) is 17.1 Å². The first-order chi connectivity index (χ1) is 13.1. The number of methoxy groups -OCH3 is 2. The maximum Gasteiger partial charge on any atom is 0.257 e. The molecule has 0 saturated heterocycles. The van der Waals surface area contributed by atoms with E-state index >= 15 is 0 Å². The molecule has 0 aliphatic carbocycles. The number of carbonyl (C=O) groups is 1. The fourth-order valence-corrected chi connectivity index (χ4v) is 2.61. The predicted molar refractivity (Wildman–Crippen MR) is 106 cm³/mol. The van der Waals surface area contributed by atoms with E-state index in [1.807, 2.05) is 37.3 Å². The van der Waals surface area contributed by atoms with Crippen LogP contribution in [-0.2, 0) is 0 Å². The topological polar surface area (TPSA) is 72.5 Å². The summed E-state index contributed by atoms with van der Waals surface area (Å²) in [7, 11) is 3.20. The van der Waals surface area contributed by atoms with Crippen LogP contribution in [0, 0.1) is 6.92 Å². The first kappa shape index (κ1) is 18.3. The lowest BCUT2D eigenvalue weighted by atomic mass is 10.2. The minimum absolute atomic E-state index is 0.254. The molecule has 0 unspecified atom stereocenters. The van der Waals surface area contributed by atoms with Crippen molar-refractivity contribution in [1.29, 1.82) is 0 Å². The SMILES string of the molecule is COc1cccc(NC(=O)c2cncc(Nc3cc(C)ccc3OC)c2)c1. The molecule has 0 atom stereocenters. The molecule has 27 heavy (non-hydrogen) atoms. The van der Waals surface area contributed by atoms with Crippen molar-refractivity contribution >= 4 is 23.0 Å². The Kier molecular flexibility index (Phi) is 5.56. The number of aryl methyl sites for hydroxylation is 1. The minimum atomic E-state index is -0.254. The smallest absolute Gasteiger partial charge is 0.257 e. The molecule has 0 aliphatic rings. The zero-order chi connectivity index (χ0) is 19.2. The van der Waals surface area contributed by atoms with Gasteiger partial charge >= 0.3 is 0 Å². The van der Waals surface area contributed by atoms with Gasteiger partial charge in [-0.05, 0) is 42.8 Å². The van der Waals surface area contributed by atoms with Crippen LogP contribution >= 0.6 is 0 Å². The number of ether oxygens (including phenoxy) is 2. The minimum Gasteiger partial charge on any atom is -0.497 e. The first-order valence-electron chi connectivity index (χ1n) is 8.41. The molecule has 1 heterocycles. The van der Waals surface area contributed by atoms with Gasteiger partial charge in [0.05, 0.1) is 37.4 Å². The van der Waals surface area contributed by atoms with Crippen molar-refractivity contribution in [3.63, 3.8) is 0 Å². The van der Waals surface area contributed by atoms with Crippen LogP contribution in [0.15, 0.2) is 60.9 Å². The fraction of sp³-hybridized carbons (Fsp3) is 0.143. The average Bonchev–Trinajstić information content (AvgIpc) is 2.68. The normalized spacial score (nSPS) is 10.2. The molecule has 0 bridgehead atoms. The van der Waals surface area contributed by atoms with Gasteiger partial charge in [0.1, 0.15) is 11.5 Å². The van der Waals surface area contributed by atoms with Crippen molar-refractivity contribution in [2.24, 2.45) is 0 Å². The van der Waals surface area contributed by atoms with E-state index in [1.54, 1.807) is 38.6 Å². The molecule has 0 aliphatic heterocycles. The second-order valence-corrected chi connectivity index (χ2v) is 5.98. The summed E-state index contributed by atoms with van der Waals surface area (Å²) in [6.07, 6.45) is 3.18. The molecule has 1 aromatic heterocycles. The summed E-state index contributed by atoms with van der Waals surface area (Å²) in [6.45, 7) is 2.00. The van der Waals surface area contributed by atoms with Gasteiger partial charge < -0.3 is 20.1 Å². The molecule has 6 heteroatoms. The molecule has 0 radical (unpaired) electrons. The van der Waals surface area contributed by atoms with Crippen molar-refractivity contribution in [2.45, 2.75) is 6.92 Å². The fourth-order valence-electron chi connectivity index (χ4n) is 2.61. The van der Waals surface area contributed by atoms with E-state index in [0.717, 1.165) is 11.3 Å². The molecule has 138 valence electrons. The lowest BCUT2D eigenvalue weighted by Gasteiger charge is -2.13. The van der Waals surface area contributed by atoms with Crippen LogP contribution in [0.3, 0.4) is 0 Å². The predicted octanol–water partition coefficient (Wildman–Crippen LogP) is 4.40. The second kappa shape index (κ2) is 8.23. The Bertz CT molecular complexity index is 957. The maximum absolute atomic E-state index is 12.6. The van der Waals surface area contributed by atoms with E-state index in [-0.39, 0.29) is 5.91 Å². The molecule has 0 fully saturated rings. The quantitative estimate of drug-likeness (QED) is 0.679. The summed E-state index contributed by atoms with van der Waals surface area (Å²) in [4.78, 5) is 16.7. The Balaban J connectivity index is 1.79. The summed E-state index contributed by atoms with van der Waals surface area (Å²) >= 11 is 0. The van der Waals surface area contributed by atoms with Crippen LogP contribution in [-0.4, -0.2) is 25.1 Å². The number of nitrogens with zero attached hydrogens (tertiary/aromatic N) is 1. The number of anilines is 3. The summed E-state index contributed by atoms with van der Waals surface area (Å²) < 4.78 is 10.6. The molecular weight excluding hydrogens is 342 g/mol. The zero-order valence-electron chi connectivity index (χ0n) is 15.4. The number of amides is 1. The van der Waals surface area contributed by atoms with Crippen LogP contribution in [0.25, 0.3) is 0 Å². The summed E-state index contributed by atoms with van der Waals surface area (Å²) in [6, 6.07) is 14.8. The Labute approximate surface area is 158 Å². The monoisotopic (exact) mass is 363 g/mol. The number of rotatable bonds is 6. The molecule has 0 spiro atoms. The number of benzene rings is 2. The Morgan fingerprint density at radius 2 is 1.81 bits per heavy atom.